The van der Waals surface area contributed by atoms with Crippen LogP contribution in [-0.2, 0) is 10.0 Å². The lowest BCUT2D eigenvalue weighted by Gasteiger charge is -2.16. The molecule has 2 aliphatic rings. The van der Waals surface area contributed by atoms with Gasteiger partial charge < -0.3 is 4.42 Å². The predicted molar refractivity (Wildman–Crippen MR) is 85.5 cm³/mol. The summed E-state index contributed by atoms with van der Waals surface area (Å²) in [5, 5.41) is 0.489. The highest BCUT2D eigenvalue weighted by molar-refractivity contribution is 7.89. The average Bonchev–Trinajstić information content (AvgIpc) is 2.95. The molecule has 4 nitrogen and oxygen atoms in total. The molecule has 1 N–H and O–H groups in total. The Hall–Kier alpha value is -1.82. The van der Waals surface area contributed by atoms with Gasteiger partial charge in [0.15, 0.2) is 0 Å². The van der Waals surface area contributed by atoms with Crippen LogP contribution >= 0.6 is 11.6 Å². The van der Waals surface area contributed by atoms with Gasteiger partial charge in [-0.25, -0.2) is 13.1 Å². The zero-order valence-electron chi connectivity index (χ0n) is 11.8. The van der Waals surface area contributed by atoms with Crippen LogP contribution in [0.25, 0.3) is 11.1 Å². The summed E-state index contributed by atoms with van der Waals surface area (Å²) in [6.07, 6.45) is 1.56. The number of benzene rings is 1. The maximum absolute atomic E-state index is 12.4. The van der Waals surface area contributed by atoms with Crippen LogP contribution in [0.15, 0.2) is 64.1 Å². The summed E-state index contributed by atoms with van der Waals surface area (Å²) in [4.78, 5) is 0.165. The summed E-state index contributed by atoms with van der Waals surface area (Å²) < 4.78 is 33.0. The second-order valence-electron chi connectivity index (χ2n) is 4.98. The van der Waals surface area contributed by atoms with Gasteiger partial charge >= 0.3 is 0 Å². The fourth-order valence-corrected chi connectivity index (χ4v) is 3.68. The molecule has 1 atom stereocenters. The largest absolute Gasteiger partial charge is 0.467 e. The van der Waals surface area contributed by atoms with E-state index in [-0.39, 0.29) is 4.90 Å². The monoisotopic (exact) mass is 335 g/mol. The average molecular weight is 336 g/mol. The third-order valence-electron chi connectivity index (χ3n) is 3.41. The van der Waals surface area contributed by atoms with Crippen LogP contribution in [0.4, 0.5) is 0 Å². The van der Waals surface area contributed by atoms with Gasteiger partial charge in [-0.1, -0.05) is 29.8 Å². The molecule has 0 amide bonds. The predicted octanol–water partition coefficient (Wildman–Crippen LogP) is 4.08. The molecule has 6 heteroatoms. The second kappa shape index (κ2) is 5.76. The van der Waals surface area contributed by atoms with E-state index < -0.39 is 16.1 Å². The Morgan fingerprint density at radius 1 is 1.09 bits per heavy atom. The van der Waals surface area contributed by atoms with Crippen LogP contribution in [0.3, 0.4) is 0 Å². The molecule has 1 heterocycles. The smallest absolute Gasteiger partial charge is 0.241 e. The summed E-state index contributed by atoms with van der Waals surface area (Å²) in [6.45, 7) is 1.75. The molecule has 1 unspecified atom stereocenters. The van der Waals surface area contributed by atoms with Crippen molar-refractivity contribution in [1.29, 1.82) is 0 Å². The van der Waals surface area contributed by atoms with Crippen molar-refractivity contribution in [3.8, 4) is 11.1 Å². The molecule has 0 spiro atoms. The maximum Gasteiger partial charge on any atom is 0.241 e. The zero-order chi connectivity index (χ0) is 15.7. The quantitative estimate of drug-likeness (QED) is 0.781. The van der Waals surface area contributed by atoms with E-state index in [1.165, 1.54) is 12.1 Å². The summed E-state index contributed by atoms with van der Waals surface area (Å²) in [5.74, 6) is 0.583. The first-order chi connectivity index (χ1) is 10.5. The molecule has 0 radical (unpaired) electrons. The van der Waals surface area contributed by atoms with Crippen molar-refractivity contribution in [3.05, 3.63) is 65.6 Å². The highest BCUT2D eigenvalue weighted by Crippen LogP contribution is 2.31. The molecule has 0 fully saturated rings. The van der Waals surface area contributed by atoms with Gasteiger partial charge in [-0.2, -0.15) is 0 Å². The number of fused-ring (bicyclic) bond motifs is 1. The minimum atomic E-state index is -3.64. The first kappa shape index (κ1) is 15.1. The molecule has 0 aromatic heterocycles. The molecule has 114 valence electrons. The van der Waals surface area contributed by atoms with E-state index in [0.29, 0.717) is 10.8 Å². The highest BCUT2D eigenvalue weighted by Gasteiger charge is 2.22. The zero-order valence-corrected chi connectivity index (χ0v) is 13.4. The van der Waals surface area contributed by atoms with Crippen molar-refractivity contribution in [2.24, 2.45) is 0 Å². The number of nitrogens with one attached hydrogen (secondary N) is 1. The van der Waals surface area contributed by atoms with Gasteiger partial charge in [0, 0.05) is 10.6 Å². The van der Waals surface area contributed by atoms with E-state index in [1.54, 1.807) is 25.3 Å². The van der Waals surface area contributed by atoms with Crippen LogP contribution in [0.5, 0.6) is 0 Å². The molecular weight excluding hydrogens is 322 g/mol. The lowest BCUT2D eigenvalue weighted by molar-refractivity contribution is 0.448. The van der Waals surface area contributed by atoms with Crippen molar-refractivity contribution < 1.29 is 12.8 Å². The molecule has 22 heavy (non-hydrogen) atoms. The molecule has 0 saturated carbocycles. The normalized spacial score (nSPS) is 13.4. The van der Waals surface area contributed by atoms with Gasteiger partial charge in [-0.05, 0) is 42.8 Å². The topological polar surface area (TPSA) is 59.3 Å². The van der Waals surface area contributed by atoms with E-state index in [2.05, 4.69) is 4.72 Å². The van der Waals surface area contributed by atoms with E-state index >= 15 is 0 Å². The minimum absolute atomic E-state index is 0.165. The van der Waals surface area contributed by atoms with E-state index in [9.17, 15) is 8.42 Å². The van der Waals surface area contributed by atoms with E-state index in [1.807, 2.05) is 24.3 Å². The molecular formula is C16H14ClNO3S. The van der Waals surface area contributed by atoms with Crippen molar-refractivity contribution in [3.63, 3.8) is 0 Å². The third kappa shape index (κ3) is 2.88. The van der Waals surface area contributed by atoms with Crippen LogP contribution in [0.1, 0.15) is 18.7 Å². The van der Waals surface area contributed by atoms with Crippen molar-refractivity contribution >= 4 is 21.6 Å². The van der Waals surface area contributed by atoms with E-state index in [4.69, 9.17) is 16.0 Å². The molecule has 1 aliphatic heterocycles. The van der Waals surface area contributed by atoms with Crippen LogP contribution in [-0.4, -0.2) is 8.42 Å². The molecule has 1 aliphatic carbocycles. The van der Waals surface area contributed by atoms with Crippen molar-refractivity contribution in [1.82, 2.24) is 4.72 Å². The maximum atomic E-state index is 12.4. The SMILES string of the molecule is CC(NS(=O)(=O)c1ccc(Cl)cc1)c1occc2cccc1-2. The number of rotatable bonds is 4. The van der Waals surface area contributed by atoms with Gasteiger partial charge in [0.25, 0.3) is 0 Å². The fraction of sp³-hybridized carbons (Fsp3) is 0.125. The fourth-order valence-electron chi connectivity index (χ4n) is 2.35. The summed E-state index contributed by atoms with van der Waals surface area (Å²) in [5.41, 5.74) is 1.91. The summed E-state index contributed by atoms with van der Waals surface area (Å²) >= 11 is 5.79. The lowest BCUT2D eigenvalue weighted by Crippen LogP contribution is -2.27. The molecule has 0 bridgehead atoms. The minimum Gasteiger partial charge on any atom is -0.467 e. The Morgan fingerprint density at radius 3 is 2.55 bits per heavy atom. The molecule has 1 aromatic rings. The Kier molecular flexibility index (Phi) is 3.95. The van der Waals surface area contributed by atoms with Crippen LogP contribution in [0, 0.1) is 0 Å². The Morgan fingerprint density at radius 2 is 1.82 bits per heavy atom. The molecule has 3 rings (SSSR count). The van der Waals surface area contributed by atoms with Gasteiger partial charge in [0.2, 0.25) is 10.0 Å². The van der Waals surface area contributed by atoms with Gasteiger partial charge in [0.05, 0.1) is 17.2 Å². The second-order valence-corrected chi connectivity index (χ2v) is 7.13. The third-order valence-corrected chi connectivity index (χ3v) is 5.22. The highest BCUT2D eigenvalue weighted by atomic mass is 35.5. The standard InChI is InChI=1S/C16H14ClNO3S/c1-11(16-15-4-2-3-12(15)9-10-21-16)18-22(19,20)14-7-5-13(17)6-8-14/h2-11,18H,1H3. The number of sulfonamides is 1. The van der Waals surface area contributed by atoms with Crippen molar-refractivity contribution in [2.45, 2.75) is 17.9 Å². The Labute approximate surface area is 134 Å². The first-order valence-corrected chi connectivity index (χ1v) is 8.57. The Bertz CT molecular complexity index is 855. The van der Waals surface area contributed by atoms with E-state index in [0.717, 1.165) is 11.1 Å². The first-order valence-electron chi connectivity index (χ1n) is 6.71. The Balaban J connectivity index is 1.89. The number of halogens is 1. The molecule has 1 aromatic carbocycles. The van der Waals surface area contributed by atoms with Crippen LogP contribution < -0.4 is 4.72 Å². The summed E-state index contributed by atoms with van der Waals surface area (Å²) in [7, 11) is -3.64. The lowest BCUT2D eigenvalue weighted by atomic mass is 10.1. The van der Waals surface area contributed by atoms with Gasteiger partial charge in [0.1, 0.15) is 5.76 Å². The number of hydrogen-bond acceptors (Lipinski definition) is 3. The summed E-state index contributed by atoms with van der Waals surface area (Å²) in [6, 6.07) is 13.1. The molecule has 0 saturated heterocycles. The van der Waals surface area contributed by atoms with Gasteiger partial charge in [-0.15, -0.1) is 0 Å². The van der Waals surface area contributed by atoms with Crippen LogP contribution in [0.2, 0.25) is 5.02 Å². The van der Waals surface area contributed by atoms with Crippen molar-refractivity contribution in [2.75, 3.05) is 0 Å². The van der Waals surface area contributed by atoms with Gasteiger partial charge in [-0.3, -0.25) is 0 Å². The number of hydrogen-bond donors (Lipinski definition) is 1.